The van der Waals surface area contributed by atoms with E-state index in [1.165, 1.54) is 0 Å². The van der Waals surface area contributed by atoms with Gasteiger partial charge in [-0.2, -0.15) is 5.10 Å². The van der Waals surface area contributed by atoms with Gasteiger partial charge in [0.2, 0.25) is 0 Å². The van der Waals surface area contributed by atoms with Crippen molar-refractivity contribution in [3.05, 3.63) is 76.3 Å². The molecule has 2 saturated carbocycles. The fourth-order valence-corrected chi connectivity index (χ4v) is 4.58. The summed E-state index contributed by atoms with van der Waals surface area (Å²) in [6.07, 6.45) is 12.0. The van der Waals surface area contributed by atoms with Crippen molar-refractivity contribution in [1.29, 1.82) is 0 Å². The average molecular weight is 534 g/mol. The molecule has 0 spiro atoms. The Morgan fingerprint density at radius 2 is 1.87 bits per heavy atom. The summed E-state index contributed by atoms with van der Waals surface area (Å²) in [5.41, 5.74) is 1.77. The number of halogens is 2. The average Bonchev–Trinajstić information content (AvgIpc) is 3.86. The summed E-state index contributed by atoms with van der Waals surface area (Å²) in [6.45, 7) is -0.127. The van der Waals surface area contributed by atoms with Crippen molar-refractivity contribution in [3.8, 4) is 23.5 Å². The molecule has 10 heteroatoms. The van der Waals surface area contributed by atoms with Gasteiger partial charge in [0.1, 0.15) is 5.82 Å². The first-order valence-corrected chi connectivity index (χ1v) is 12.6. The van der Waals surface area contributed by atoms with Gasteiger partial charge in [-0.05, 0) is 55.0 Å². The Bertz CT molecular complexity index is 1470. The first kappa shape index (κ1) is 25.5. The third kappa shape index (κ3) is 5.27. The molecule has 38 heavy (non-hydrogen) atoms. The first-order valence-electron chi connectivity index (χ1n) is 12.3. The zero-order chi connectivity index (χ0) is 26.9. The highest BCUT2D eigenvalue weighted by molar-refractivity contribution is 6.35. The van der Waals surface area contributed by atoms with Gasteiger partial charge < -0.3 is 16.0 Å². The lowest BCUT2D eigenvalue weighted by atomic mass is 9.97. The molecule has 194 valence electrons. The molecule has 3 aromatic rings. The van der Waals surface area contributed by atoms with Crippen molar-refractivity contribution in [2.75, 3.05) is 6.54 Å². The van der Waals surface area contributed by atoms with Crippen LogP contribution in [0.25, 0.3) is 11.1 Å². The lowest BCUT2D eigenvalue weighted by Crippen LogP contribution is -2.40. The Hall–Kier alpha value is -4.16. The summed E-state index contributed by atoms with van der Waals surface area (Å²) in [7, 11) is 0. The largest absolute Gasteiger partial charge is 0.344 e. The lowest BCUT2D eigenvalue weighted by Gasteiger charge is -2.21. The van der Waals surface area contributed by atoms with Gasteiger partial charge in [0.15, 0.2) is 0 Å². The fraction of sp³-hybridized carbons (Fsp3) is 0.286. The van der Waals surface area contributed by atoms with Gasteiger partial charge in [0.05, 0.1) is 29.3 Å². The molecule has 8 nitrogen and oxygen atoms in total. The molecule has 3 N–H and O–H groups in total. The molecular formula is C28H25ClFN5O3. The minimum absolute atomic E-state index is 0.0246. The highest BCUT2D eigenvalue weighted by Gasteiger charge is 2.48. The monoisotopic (exact) mass is 533 g/mol. The number of nitrogens with one attached hydrogen (secondary N) is 3. The predicted molar refractivity (Wildman–Crippen MR) is 139 cm³/mol. The predicted octanol–water partition coefficient (Wildman–Crippen LogP) is 3.46. The van der Waals surface area contributed by atoms with Crippen LogP contribution < -0.4 is 16.0 Å². The Balaban J connectivity index is 1.34. The van der Waals surface area contributed by atoms with Crippen LogP contribution in [-0.2, 0) is 21.7 Å². The van der Waals surface area contributed by atoms with Crippen molar-refractivity contribution >= 4 is 29.3 Å². The molecule has 5 rings (SSSR count). The molecule has 2 aliphatic rings. The third-order valence-electron chi connectivity index (χ3n) is 6.76. The summed E-state index contributed by atoms with van der Waals surface area (Å²) >= 11 is 6.29. The highest BCUT2D eigenvalue weighted by atomic mass is 35.5. The maximum atomic E-state index is 15.3. The van der Waals surface area contributed by atoms with Gasteiger partial charge in [-0.3, -0.25) is 19.1 Å². The van der Waals surface area contributed by atoms with E-state index in [4.69, 9.17) is 18.0 Å². The standard InChI is InChI=1S/C28H25ClFN5O3/c1-2-11-31-26(37)27(38)32-14-17-5-3-4-6-21(17)25(36)34-28(9-10-28)22-12-18(13-23(29)24(22)30)19-15-33-35(16-19)20-7-8-20/h1,3-6,12-13,15-16,20H,7-11,14H2,(H,31,37)(H,32,38)(H,34,36). The van der Waals surface area contributed by atoms with Gasteiger partial charge in [0.25, 0.3) is 5.91 Å². The second-order valence-electron chi connectivity index (χ2n) is 9.52. The molecule has 0 bridgehead atoms. The van der Waals surface area contributed by atoms with E-state index in [1.54, 1.807) is 42.6 Å². The number of hydrogen-bond acceptors (Lipinski definition) is 4. The van der Waals surface area contributed by atoms with E-state index in [-0.39, 0.29) is 18.1 Å². The van der Waals surface area contributed by atoms with E-state index in [1.807, 2.05) is 10.9 Å². The van der Waals surface area contributed by atoms with Gasteiger partial charge in [-0.25, -0.2) is 4.39 Å². The van der Waals surface area contributed by atoms with Crippen LogP contribution in [0.2, 0.25) is 5.02 Å². The first-order chi connectivity index (χ1) is 18.3. The van der Waals surface area contributed by atoms with Crippen LogP contribution in [0.15, 0.2) is 48.8 Å². The van der Waals surface area contributed by atoms with Crippen LogP contribution in [0.4, 0.5) is 4.39 Å². The summed E-state index contributed by atoms with van der Waals surface area (Å²) in [5, 5.41) is 12.1. The van der Waals surface area contributed by atoms with E-state index in [0.717, 1.165) is 24.0 Å². The molecule has 0 radical (unpaired) electrons. The fourth-order valence-electron chi connectivity index (χ4n) is 4.36. The minimum Gasteiger partial charge on any atom is -0.344 e. The number of benzene rings is 2. The smallest absolute Gasteiger partial charge is 0.310 e. The normalized spacial score (nSPS) is 15.3. The molecule has 0 atom stereocenters. The zero-order valence-corrected chi connectivity index (χ0v) is 21.1. The molecule has 3 amide bonds. The van der Waals surface area contributed by atoms with Gasteiger partial charge in [-0.1, -0.05) is 35.7 Å². The van der Waals surface area contributed by atoms with E-state index >= 15 is 4.39 Å². The summed E-state index contributed by atoms with van der Waals surface area (Å²) < 4.78 is 17.2. The molecule has 2 fully saturated rings. The summed E-state index contributed by atoms with van der Waals surface area (Å²) in [6, 6.07) is 10.4. The number of terminal acetylenes is 1. The van der Waals surface area contributed by atoms with Crippen molar-refractivity contribution in [1.82, 2.24) is 25.7 Å². The number of hydrogen-bond donors (Lipinski definition) is 3. The number of carbonyl (C=O) groups excluding carboxylic acids is 3. The van der Waals surface area contributed by atoms with Crippen LogP contribution in [-0.4, -0.2) is 34.0 Å². The number of aromatic nitrogens is 2. The quantitative estimate of drug-likeness (QED) is 0.304. The third-order valence-corrected chi connectivity index (χ3v) is 7.04. The molecule has 1 aromatic heterocycles. The van der Waals surface area contributed by atoms with Crippen LogP contribution in [0, 0.1) is 18.2 Å². The second-order valence-corrected chi connectivity index (χ2v) is 9.93. The van der Waals surface area contributed by atoms with E-state index in [9.17, 15) is 14.4 Å². The Labute approximate surface area is 223 Å². The summed E-state index contributed by atoms with van der Waals surface area (Å²) in [4.78, 5) is 37.2. The number of nitrogens with zero attached hydrogens (tertiary/aromatic N) is 2. The molecule has 1 heterocycles. The van der Waals surface area contributed by atoms with Crippen molar-refractivity contribution in [3.63, 3.8) is 0 Å². The topological polar surface area (TPSA) is 105 Å². The lowest BCUT2D eigenvalue weighted by molar-refractivity contribution is -0.139. The van der Waals surface area contributed by atoms with Gasteiger partial charge >= 0.3 is 11.8 Å². The number of carbonyl (C=O) groups is 3. The Kier molecular flexibility index (Phi) is 6.91. The minimum atomic E-state index is -0.904. The Morgan fingerprint density at radius 3 is 2.58 bits per heavy atom. The van der Waals surface area contributed by atoms with Gasteiger partial charge in [0, 0.05) is 29.4 Å². The highest BCUT2D eigenvalue weighted by Crippen LogP contribution is 2.49. The van der Waals surface area contributed by atoms with Crippen molar-refractivity contribution in [2.45, 2.75) is 43.8 Å². The maximum Gasteiger partial charge on any atom is 0.310 e. The van der Waals surface area contributed by atoms with E-state index < -0.39 is 29.1 Å². The number of amides is 3. The summed E-state index contributed by atoms with van der Waals surface area (Å²) in [5.74, 6) is -0.508. The van der Waals surface area contributed by atoms with Gasteiger partial charge in [-0.15, -0.1) is 6.42 Å². The zero-order valence-electron chi connectivity index (χ0n) is 20.4. The maximum absolute atomic E-state index is 15.3. The SMILES string of the molecule is C#CCNC(=O)C(=O)NCc1ccccc1C(=O)NC1(c2cc(-c3cnn(C4CC4)c3)cc(Cl)c2F)CC1. The molecule has 0 aliphatic heterocycles. The molecule has 2 aliphatic carbocycles. The van der Waals surface area contributed by atoms with Crippen molar-refractivity contribution < 1.29 is 18.8 Å². The molecule has 0 unspecified atom stereocenters. The molecule has 2 aromatic carbocycles. The van der Waals surface area contributed by atoms with Crippen LogP contribution in [0.1, 0.15) is 53.2 Å². The van der Waals surface area contributed by atoms with Crippen LogP contribution in [0.5, 0.6) is 0 Å². The number of rotatable bonds is 8. The van der Waals surface area contributed by atoms with E-state index in [2.05, 4.69) is 27.0 Å². The van der Waals surface area contributed by atoms with Crippen LogP contribution >= 0.6 is 11.6 Å². The van der Waals surface area contributed by atoms with Crippen molar-refractivity contribution in [2.24, 2.45) is 0 Å². The van der Waals surface area contributed by atoms with E-state index in [0.29, 0.717) is 35.6 Å². The molecule has 0 saturated heterocycles. The Morgan fingerprint density at radius 1 is 1.13 bits per heavy atom. The molecular weight excluding hydrogens is 509 g/mol. The second kappa shape index (κ2) is 10.3. The van der Waals surface area contributed by atoms with Crippen LogP contribution in [0.3, 0.4) is 0 Å².